The molecule has 0 unspecified atom stereocenters. The highest BCUT2D eigenvalue weighted by Gasteiger charge is 2.13. The summed E-state index contributed by atoms with van der Waals surface area (Å²) < 4.78 is 7.11. The number of hydrogen-bond acceptors (Lipinski definition) is 5. The molecule has 0 bridgehead atoms. The fourth-order valence-corrected chi connectivity index (χ4v) is 3.34. The Bertz CT molecular complexity index is 1040. The summed E-state index contributed by atoms with van der Waals surface area (Å²) in [6.45, 7) is -0.110. The maximum atomic E-state index is 12.0. The second-order valence-electron chi connectivity index (χ2n) is 5.41. The number of carbonyl (C=O) groups excluding carboxylic acids is 1. The van der Waals surface area contributed by atoms with E-state index in [9.17, 15) is 4.79 Å². The van der Waals surface area contributed by atoms with E-state index in [4.69, 9.17) is 16.3 Å². The van der Waals surface area contributed by atoms with Gasteiger partial charge in [-0.2, -0.15) is 4.98 Å². The highest BCUT2D eigenvalue weighted by molar-refractivity contribution is 7.15. The molecule has 4 aromatic rings. The Labute approximate surface area is 158 Å². The van der Waals surface area contributed by atoms with Crippen LogP contribution in [0.1, 0.15) is 0 Å². The zero-order chi connectivity index (χ0) is 17.9. The number of fused-ring (bicyclic) bond motifs is 1. The fourth-order valence-electron chi connectivity index (χ4n) is 2.38. The van der Waals surface area contributed by atoms with Crippen LogP contribution in [-0.4, -0.2) is 27.1 Å². The van der Waals surface area contributed by atoms with E-state index in [1.54, 1.807) is 16.6 Å². The lowest BCUT2D eigenvalue weighted by molar-refractivity contribution is -0.118. The molecule has 0 aliphatic heterocycles. The summed E-state index contributed by atoms with van der Waals surface area (Å²) >= 11 is 7.38. The molecular weight excluding hydrogens is 372 g/mol. The van der Waals surface area contributed by atoms with Crippen molar-refractivity contribution >= 4 is 39.8 Å². The van der Waals surface area contributed by atoms with Gasteiger partial charge in [0.05, 0.1) is 5.69 Å². The molecule has 2 aromatic carbocycles. The Kier molecular flexibility index (Phi) is 4.55. The lowest BCUT2D eigenvalue weighted by atomic mass is 10.2. The molecule has 4 rings (SSSR count). The number of amides is 1. The highest BCUT2D eigenvalue weighted by atomic mass is 35.5. The predicted octanol–water partition coefficient (Wildman–Crippen LogP) is 4.13. The van der Waals surface area contributed by atoms with Gasteiger partial charge in [0.25, 0.3) is 11.9 Å². The topological polar surface area (TPSA) is 68.5 Å². The van der Waals surface area contributed by atoms with Crippen LogP contribution >= 0.6 is 22.9 Å². The van der Waals surface area contributed by atoms with Crippen molar-refractivity contribution in [3.05, 3.63) is 65.0 Å². The molecule has 1 amide bonds. The Balaban J connectivity index is 1.47. The standard InChI is InChI=1S/C18H13ClN4O2S/c19-13-8-6-12(7-9-13)15-11-26-18-21-17(22-23(15)18)20-16(24)10-25-14-4-2-1-3-5-14/h1-9,11H,10H2,(H,20,22,24). The van der Waals surface area contributed by atoms with Crippen molar-refractivity contribution < 1.29 is 9.53 Å². The van der Waals surface area contributed by atoms with Crippen molar-refractivity contribution in [2.24, 2.45) is 0 Å². The summed E-state index contributed by atoms with van der Waals surface area (Å²) in [6, 6.07) is 16.6. The third-order valence-electron chi connectivity index (χ3n) is 3.59. The summed E-state index contributed by atoms with van der Waals surface area (Å²) in [5, 5.41) is 9.65. The van der Waals surface area contributed by atoms with Crippen LogP contribution in [0.5, 0.6) is 5.75 Å². The highest BCUT2D eigenvalue weighted by Crippen LogP contribution is 2.26. The molecule has 0 spiro atoms. The zero-order valence-corrected chi connectivity index (χ0v) is 15.0. The minimum Gasteiger partial charge on any atom is -0.484 e. The van der Waals surface area contributed by atoms with E-state index in [2.05, 4.69) is 15.4 Å². The Morgan fingerprint density at radius 1 is 1.15 bits per heavy atom. The SMILES string of the molecule is O=C(COc1ccccc1)Nc1nc2scc(-c3ccc(Cl)cc3)n2n1. The minimum atomic E-state index is -0.319. The number of rotatable bonds is 5. The van der Waals surface area contributed by atoms with Gasteiger partial charge in [0.15, 0.2) is 6.61 Å². The van der Waals surface area contributed by atoms with Crippen molar-refractivity contribution in [2.45, 2.75) is 0 Å². The van der Waals surface area contributed by atoms with Gasteiger partial charge in [0, 0.05) is 16.0 Å². The molecule has 0 saturated heterocycles. The lowest BCUT2D eigenvalue weighted by Crippen LogP contribution is -2.20. The number of para-hydroxylation sites is 1. The summed E-state index contributed by atoms with van der Waals surface area (Å²) in [4.78, 5) is 17.1. The first kappa shape index (κ1) is 16.6. The number of halogens is 1. The molecule has 0 atom stereocenters. The number of thiazole rings is 1. The Hall–Kier alpha value is -2.90. The molecule has 2 heterocycles. The van der Waals surface area contributed by atoms with Crippen molar-refractivity contribution in [2.75, 3.05) is 11.9 Å². The number of nitrogens with zero attached hydrogens (tertiary/aromatic N) is 3. The molecule has 8 heteroatoms. The largest absolute Gasteiger partial charge is 0.484 e. The average Bonchev–Trinajstić information content (AvgIpc) is 3.22. The van der Waals surface area contributed by atoms with E-state index in [1.807, 2.05) is 47.8 Å². The minimum absolute atomic E-state index is 0.110. The molecule has 2 aromatic heterocycles. The van der Waals surface area contributed by atoms with Crippen LogP contribution in [0.25, 0.3) is 16.2 Å². The normalized spacial score (nSPS) is 10.8. The third-order valence-corrected chi connectivity index (χ3v) is 4.65. The van der Waals surface area contributed by atoms with E-state index >= 15 is 0 Å². The van der Waals surface area contributed by atoms with Crippen molar-refractivity contribution in [1.29, 1.82) is 0 Å². The van der Waals surface area contributed by atoms with Crippen LogP contribution in [-0.2, 0) is 4.79 Å². The fraction of sp³-hybridized carbons (Fsp3) is 0.0556. The molecule has 26 heavy (non-hydrogen) atoms. The molecule has 0 fully saturated rings. The van der Waals surface area contributed by atoms with Gasteiger partial charge in [0.1, 0.15) is 5.75 Å². The molecule has 0 radical (unpaired) electrons. The first-order valence-electron chi connectivity index (χ1n) is 7.77. The van der Waals surface area contributed by atoms with Crippen molar-refractivity contribution in [3.63, 3.8) is 0 Å². The quantitative estimate of drug-likeness (QED) is 0.561. The van der Waals surface area contributed by atoms with Gasteiger partial charge < -0.3 is 4.74 Å². The second kappa shape index (κ2) is 7.15. The molecule has 1 N–H and O–H groups in total. The number of ether oxygens (including phenoxy) is 1. The lowest BCUT2D eigenvalue weighted by Gasteiger charge is -2.04. The van der Waals surface area contributed by atoms with Crippen LogP contribution < -0.4 is 10.1 Å². The van der Waals surface area contributed by atoms with E-state index in [0.717, 1.165) is 11.3 Å². The molecule has 0 aliphatic carbocycles. The van der Waals surface area contributed by atoms with Crippen LogP contribution in [0.4, 0.5) is 5.95 Å². The monoisotopic (exact) mass is 384 g/mol. The second-order valence-corrected chi connectivity index (χ2v) is 6.68. The summed E-state index contributed by atoms with van der Waals surface area (Å²) in [7, 11) is 0. The maximum absolute atomic E-state index is 12.0. The molecule has 0 aliphatic rings. The summed E-state index contributed by atoms with van der Waals surface area (Å²) in [5.41, 5.74) is 1.85. The van der Waals surface area contributed by atoms with Gasteiger partial charge in [-0.05, 0) is 24.3 Å². The number of nitrogens with one attached hydrogen (secondary N) is 1. The Morgan fingerprint density at radius 2 is 1.92 bits per heavy atom. The van der Waals surface area contributed by atoms with Gasteiger partial charge in [-0.3, -0.25) is 10.1 Å². The zero-order valence-electron chi connectivity index (χ0n) is 13.4. The van der Waals surface area contributed by atoms with Crippen LogP contribution in [0.3, 0.4) is 0 Å². The average molecular weight is 385 g/mol. The van der Waals surface area contributed by atoms with E-state index in [0.29, 0.717) is 15.7 Å². The number of benzene rings is 2. The van der Waals surface area contributed by atoms with Crippen LogP contribution in [0.15, 0.2) is 60.0 Å². The van der Waals surface area contributed by atoms with Gasteiger partial charge in [-0.1, -0.05) is 41.9 Å². The number of hydrogen-bond donors (Lipinski definition) is 1. The third kappa shape index (κ3) is 3.54. The van der Waals surface area contributed by atoms with E-state index < -0.39 is 0 Å². The maximum Gasteiger partial charge on any atom is 0.264 e. The molecular formula is C18H13ClN4O2S. The Morgan fingerprint density at radius 3 is 2.69 bits per heavy atom. The van der Waals surface area contributed by atoms with E-state index in [1.165, 1.54) is 11.3 Å². The van der Waals surface area contributed by atoms with Crippen LogP contribution in [0.2, 0.25) is 5.02 Å². The van der Waals surface area contributed by atoms with E-state index in [-0.39, 0.29) is 18.5 Å². The molecule has 130 valence electrons. The number of carbonyl (C=O) groups is 1. The van der Waals surface area contributed by atoms with Crippen LogP contribution in [0, 0.1) is 0 Å². The number of anilines is 1. The first-order chi connectivity index (χ1) is 12.7. The molecule has 6 nitrogen and oxygen atoms in total. The van der Waals surface area contributed by atoms with Gasteiger partial charge in [-0.25, -0.2) is 4.52 Å². The summed E-state index contributed by atoms with van der Waals surface area (Å²) in [6.07, 6.45) is 0. The number of aromatic nitrogens is 3. The first-order valence-corrected chi connectivity index (χ1v) is 9.03. The van der Waals surface area contributed by atoms with Gasteiger partial charge >= 0.3 is 0 Å². The molecule has 0 saturated carbocycles. The predicted molar refractivity (Wildman–Crippen MR) is 102 cm³/mol. The summed E-state index contributed by atoms with van der Waals surface area (Å²) in [5.74, 6) is 0.556. The van der Waals surface area contributed by atoms with Crippen molar-refractivity contribution in [1.82, 2.24) is 14.6 Å². The van der Waals surface area contributed by atoms with Crippen molar-refractivity contribution in [3.8, 4) is 17.0 Å². The van der Waals surface area contributed by atoms with Gasteiger partial charge in [-0.15, -0.1) is 16.4 Å². The smallest absolute Gasteiger partial charge is 0.264 e. The van der Waals surface area contributed by atoms with Gasteiger partial charge in [0.2, 0.25) is 4.96 Å².